The van der Waals surface area contributed by atoms with Crippen molar-refractivity contribution in [3.8, 4) is 5.75 Å². The third kappa shape index (κ3) is 4.95. The molecule has 0 bridgehead atoms. The van der Waals surface area contributed by atoms with Gasteiger partial charge in [-0.1, -0.05) is 6.07 Å². The van der Waals surface area contributed by atoms with Gasteiger partial charge in [0.25, 0.3) is 0 Å². The highest BCUT2D eigenvalue weighted by molar-refractivity contribution is 5.38. The first-order chi connectivity index (χ1) is 12.8. The molecule has 2 atom stereocenters. The minimum absolute atomic E-state index is 0.128. The number of ether oxygens (including phenoxy) is 2. The van der Waals surface area contributed by atoms with Crippen molar-refractivity contribution >= 4 is 0 Å². The molecule has 152 valence electrons. The van der Waals surface area contributed by atoms with E-state index in [0.29, 0.717) is 17.9 Å². The van der Waals surface area contributed by atoms with Crippen LogP contribution in [-0.4, -0.2) is 19.3 Å². The molecule has 1 aromatic rings. The molecular weight excluding hydrogens is 360 g/mol. The molecular formula is C21H28F4O2. The van der Waals surface area contributed by atoms with Gasteiger partial charge in [0.2, 0.25) is 0 Å². The Hall–Kier alpha value is -1.30. The van der Waals surface area contributed by atoms with Crippen LogP contribution in [0.2, 0.25) is 0 Å². The molecule has 0 radical (unpaired) electrons. The van der Waals surface area contributed by atoms with Crippen molar-refractivity contribution < 1.29 is 27.0 Å². The normalized spacial score (nSPS) is 29.6. The highest BCUT2D eigenvalue weighted by Crippen LogP contribution is 2.39. The highest BCUT2D eigenvalue weighted by Gasteiger charge is 2.37. The minimum atomic E-state index is -4.72. The zero-order valence-corrected chi connectivity index (χ0v) is 15.9. The molecule has 0 spiro atoms. The monoisotopic (exact) mass is 388 g/mol. The molecule has 1 aliphatic carbocycles. The summed E-state index contributed by atoms with van der Waals surface area (Å²) in [6.07, 6.45) is 2.07. The van der Waals surface area contributed by atoms with Crippen LogP contribution in [0.4, 0.5) is 17.6 Å². The van der Waals surface area contributed by atoms with E-state index in [9.17, 15) is 17.6 Å². The molecule has 1 aliphatic heterocycles. The maximum atomic E-state index is 14.3. The Labute approximate surface area is 158 Å². The number of rotatable bonds is 4. The Kier molecular flexibility index (Phi) is 6.34. The first kappa shape index (κ1) is 20.4. The molecule has 0 amide bonds. The van der Waals surface area contributed by atoms with Gasteiger partial charge in [-0.05, 0) is 81.8 Å². The molecule has 2 fully saturated rings. The molecule has 2 aliphatic rings. The maximum Gasteiger partial charge on any atom is 0.419 e. The SMILES string of the molecule is Cc1ccc(OCC2CCC([C@@H]3CCC(C)OC3)CC2)c(F)c1C(F)(F)F. The van der Waals surface area contributed by atoms with Crippen molar-refractivity contribution in [2.45, 2.75) is 64.7 Å². The summed E-state index contributed by atoms with van der Waals surface area (Å²) >= 11 is 0. The topological polar surface area (TPSA) is 18.5 Å². The molecule has 1 saturated heterocycles. The van der Waals surface area contributed by atoms with E-state index in [0.717, 1.165) is 38.7 Å². The lowest BCUT2D eigenvalue weighted by atomic mass is 9.74. The second-order valence-corrected chi connectivity index (χ2v) is 8.14. The quantitative estimate of drug-likeness (QED) is 0.576. The van der Waals surface area contributed by atoms with E-state index in [1.165, 1.54) is 25.5 Å². The third-order valence-corrected chi connectivity index (χ3v) is 6.17. The summed E-state index contributed by atoms with van der Waals surface area (Å²) in [7, 11) is 0. The van der Waals surface area contributed by atoms with Crippen molar-refractivity contribution in [1.82, 2.24) is 0 Å². The smallest absolute Gasteiger partial charge is 0.419 e. The van der Waals surface area contributed by atoms with Crippen molar-refractivity contribution in [3.05, 3.63) is 29.1 Å². The van der Waals surface area contributed by atoms with Crippen molar-refractivity contribution in [3.63, 3.8) is 0 Å². The van der Waals surface area contributed by atoms with Crippen LogP contribution in [0.5, 0.6) is 5.75 Å². The molecule has 0 N–H and O–H groups in total. The van der Waals surface area contributed by atoms with Crippen LogP contribution in [0.25, 0.3) is 0 Å². The minimum Gasteiger partial charge on any atom is -0.490 e. The van der Waals surface area contributed by atoms with E-state index in [4.69, 9.17) is 9.47 Å². The summed E-state index contributed by atoms with van der Waals surface area (Å²) in [4.78, 5) is 0. The summed E-state index contributed by atoms with van der Waals surface area (Å²) in [5, 5.41) is 0. The van der Waals surface area contributed by atoms with Gasteiger partial charge in [-0.2, -0.15) is 13.2 Å². The number of benzene rings is 1. The number of hydrogen-bond acceptors (Lipinski definition) is 2. The summed E-state index contributed by atoms with van der Waals surface area (Å²) in [5.41, 5.74) is -1.35. The lowest BCUT2D eigenvalue weighted by Crippen LogP contribution is -2.32. The van der Waals surface area contributed by atoms with E-state index in [-0.39, 0.29) is 23.8 Å². The number of halogens is 4. The fourth-order valence-electron chi connectivity index (χ4n) is 4.42. The zero-order chi connectivity index (χ0) is 19.6. The van der Waals surface area contributed by atoms with Gasteiger partial charge in [0.05, 0.1) is 24.9 Å². The predicted molar refractivity (Wildman–Crippen MR) is 95.2 cm³/mol. The molecule has 27 heavy (non-hydrogen) atoms. The lowest BCUT2D eigenvalue weighted by molar-refractivity contribution is -0.140. The van der Waals surface area contributed by atoms with Crippen LogP contribution in [0.15, 0.2) is 12.1 Å². The molecule has 1 unspecified atom stereocenters. The first-order valence-electron chi connectivity index (χ1n) is 9.86. The standard InChI is InChI=1S/C21H28F4O2/c1-13-3-10-18(20(22)19(13)21(23,24)25)27-11-15-5-8-16(9-6-15)17-7-4-14(2)26-12-17/h3,10,14-17H,4-9,11-12H2,1-2H3/t14?,15?,16?,17-/m1/s1. The zero-order valence-electron chi connectivity index (χ0n) is 15.9. The van der Waals surface area contributed by atoms with Crippen molar-refractivity contribution in [2.24, 2.45) is 17.8 Å². The Morgan fingerprint density at radius 3 is 2.30 bits per heavy atom. The lowest BCUT2D eigenvalue weighted by Gasteiger charge is -2.37. The average Bonchev–Trinajstić information content (AvgIpc) is 2.61. The summed E-state index contributed by atoms with van der Waals surface area (Å²) < 4.78 is 64.6. The number of aryl methyl sites for hydroxylation is 1. The Morgan fingerprint density at radius 1 is 1.04 bits per heavy atom. The van der Waals surface area contributed by atoms with Crippen LogP contribution >= 0.6 is 0 Å². The van der Waals surface area contributed by atoms with Gasteiger partial charge in [0.1, 0.15) is 0 Å². The van der Waals surface area contributed by atoms with Gasteiger partial charge in [0.15, 0.2) is 11.6 Å². The Balaban J connectivity index is 1.52. The van der Waals surface area contributed by atoms with Crippen LogP contribution in [-0.2, 0) is 10.9 Å². The average molecular weight is 388 g/mol. The Bertz CT molecular complexity index is 628. The van der Waals surface area contributed by atoms with Crippen LogP contribution in [0, 0.1) is 30.5 Å². The second kappa shape index (κ2) is 8.38. The van der Waals surface area contributed by atoms with Crippen LogP contribution < -0.4 is 4.74 Å². The van der Waals surface area contributed by atoms with Gasteiger partial charge in [0, 0.05) is 0 Å². The van der Waals surface area contributed by atoms with Crippen molar-refractivity contribution in [2.75, 3.05) is 13.2 Å². The van der Waals surface area contributed by atoms with Gasteiger partial charge in [-0.15, -0.1) is 0 Å². The number of alkyl halides is 3. The maximum absolute atomic E-state index is 14.3. The van der Waals surface area contributed by atoms with Gasteiger partial charge >= 0.3 is 6.18 Å². The van der Waals surface area contributed by atoms with Crippen LogP contribution in [0.3, 0.4) is 0 Å². The molecule has 1 aromatic carbocycles. The molecule has 1 saturated carbocycles. The van der Waals surface area contributed by atoms with E-state index in [1.807, 2.05) is 0 Å². The molecule has 0 aromatic heterocycles. The highest BCUT2D eigenvalue weighted by atomic mass is 19.4. The fourth-order valence-corrected chi connectivity index (χ4v) is 4.42. The molecule has 1 heterocycles. The summed E-state index contributed by atoms with van der Waals surface area (Å²) in [6, 6.07) is 2.56. The van der Waals surface area contributed by atoms with Gasteiger partial charge in [-0.25, -0.2) is 4.39 Å². The van der Waals surface area contributed by atoms with E-state index < -0.39 is 17.6 Å². The predicted octanol–water partition coefficient (Wildman–Crippen LogP) is 6.15. The molecule has 3 rings (SSSR count). The molecule has 2 nitrogen and oxygen atoms in total. The van der Waals surface area contributed by atoms with E-state index >= 15 is 0 Å². The van der Waals surface area contributed by atoms with Crippen molar-refractivity contribution in [1.29, 1.82) is 0 Å². The van der Waals surface area contributed by atoms with E-state index in [1.54, 1.807) is 0 Å². The largest absolute Gasteiger partial charge is 0.490 e. The fraction of sp³-hybridized carbons (Fsp3) is 0.714. The van der Waals surface area contributed by atoms with Gasteiger partial charge in [-0.3, -0.25) is 0 Å². The van der Waals surface area contributed by atoms with Crippen LogP contribution in [0.1, 0.15) is 56.6 Å². The van der Waals surface area contributed by atoms with Gasteiger partial charge < -0.3 is 9.47 Å². The Morgan fingerprint density at radius 2 is 1.70 bits per heavy atom. The summed E-state index contributed by atoms with van der Waals surface area (Å²) in [5.74, 6) is -0.0669. The molecule has 6 heteroatoms. The van der Waals surface area contributed by atoms with E-state index in [2.05, 4.69) is 6.92 Å². The summed E-state index contributed by atoms with van der Waals surface area (Å²) in [6.45, 7) is 4.47. The third-order valence-electron chi connectivity index (χ3n) is 6.17. The second-order valence-electron chi connectivity index (χ2n) is 8.14. The first-order valence-corrected chi connectivity index (χ1v) is 9.86. The number of hydrogen-bond donors (Lipinski definition) is 0.